The Morgan fingerprint density at radius 1 is 1.14 bits per heavy atom. The van der Waals surface area contributed by atoms with Gasteiger partial charge in [-0.15, -0.1) is 0 Å². The van der Waals surface area contributed by atoms with Gasteiger partial charge in [0.1, 0.15) is 0 Å². The van der Waals surface area contributed by atoms with Gasteiger partial charge in [0.05, 0.1) is 27.2 Å². The van der Waals surface area contributed by atoms with Gasteiger partial charge in [-0.05, 0) is 35.9 Å². The van der Waals surface area contributed by atoms with E-state index >= 15 is 0 Å². The van der Waals surface area contributed by atoms with Crippen LogP contribution in [0.4, 0.5) is 5.69 Å². The van der Waals surface area contributed by atoms with Gasteiger partial charge in [-0.1, -0.05) is 22.0 Å². The zero-order valence-corrected chi connectivity index (χ0v) is 18.1. The Morgan fingerprint density at radius 2 is 1.83 bits per heavy atom. The van der Waals surface area contributed by atoms with Gasteiger partial charge in [-0.25, -0.2) is 0 Å². The highest BCUT2D eigenvalue weighted by Crippen LogP contribution is 2.38. The predicted molar refractivity (Wildman–Crippen MR) is 113 cm³/mol. The van der Waals surface area contributed by atoms with E-state index in [1.165, 1.54) is 7.11 Å². The van der Waals surface area contributed by atoms with E-state index in [9.17, 15) is 9.59 Å². The summed E-state index contributed by atoms with van der Waals surface area (Å²) >= 11 is 3.41. The number of benzene rings is 2. The number of hydrogen-bond acceptors (Lipinski definition) is 5. The van der Waals surface area contributed by atoms with Crippen LogP contribution < -0.4 is 24.4 Å². The van der Waals surface area contributed by atoms with Crippen molar-refractivity contribution >= 4 is 33.4 Å². The Bertz CT molecular complexity index is 893. The monoisotopic (exact) mass is 462 g/mol. The normalized spacial score (nSPS) is 15.9. The lowest BCUT2D eigenvalue weighted by molar-refractivity contribution is -0.126. The van der Waals surface area contributed by atoms with E-state index in [4.69, 9.17) is 14.2 Å². The van der Waals surface area contributed by atoms with Gasteiger partial charge in [0.15, 0.2) is 11.5 Å². The molecule has 0 saturated carbocycles. The number of nitrogens with zero attached hydrogens (tertiary/aromatic N) is 1. The molecule has 0 aliphatic carbocycles. The lowest BCUT2D eigenvalue weighted by atomic mass is 10.1. The molecule has 2 amide bonds. The van der Waals surface area contributed by atoms with Crippen molar-refractivity contribution in [2.24, 2.45) is 5.92 Å². The molecule has 29 heavy (non-hydrogen) atoms. The standard InChI is InChI=1S/C21H23BrN2O5/c1-27-17-7-13(8-18(28-2)20(17)29-3)11-23-21(26)14-9-19(25)24(12-14)16-6-4-5-15(22)10-16/h4-8,10,14H,9,11-12H2,1-3H3,(H,23,26). The molecule has 0 aromatic heterocycles. The number of carbonyl (C=O) groups excluding carboxylic acids is 2. The Hall–Kier alpha value is -2.74. The summed E-state index contributed by atoms with van der Waals surface area (Å²) in [7, 11) is 4.62. The van der Waals surface area contributed by atoms with E-state index < -0.39 is 5.92 Å². The van der Waals surface area contributed by atoms with Crippen molar-refractivity contribution in [1.29, 1.82) is 0 Å². The van der Waals surface area contributed by atoms with E-state index in [-0.39, 0.29) is 24.8 Å². The maximum absolute atomic E-state index is 12.7. The quantitative estimate of drug-likeness (QED) is 0.683. The molecule has 1 atom stereocenters. The maximum Gasteiger partial charge on any atom is 0.227 e. The minimum Gasteiger partial charge on any atom is -0.493 e. The first-order valence-corrected chi connectivity index (χ1v) is 9.88. The summed E-state index contributed by atoms with van der Waals surface area (Å²) in [5.41, 5.74) is 1.59. The molecule has 1 unspecified atom stereocenters. The molecule has 1 saturated heterocycles. The van der Waals surface area contributed by atoms with E-state index in [1.54, 1.807) is 31.3 Å². The summed E-state index contributed by atoms with van der Waals surface area (Å²) in [6.07, 6.45) is 0.188. The number of rotatable bonds is 7. The second-order valence-corrected chi connectivity index (χ2v) is 7.55. The van der Waals surface area contributed by atoms with Gasteiger partial charge in [-0.3, -0.25) is 9.59 Å². The maximum atomic E-state index is 12.7. The zero-order valence-electron chi connectivity index (χ0n) is 16.5. The highest BCUT2D eigenvalue weighted by Gasteiger charge is 2.35. The lowest BCUT2D eigenvalue weighted by Crippen LogP contribution is -2.32. The van der Waals surface area contributed by atoms with Crippen molar-refractivity contribution in [3.63, 3.8) is 0 Å². The molecule has 2 aromatic rings. The number of nitrogens with one attached hydrogen (secondary N) is 1. The SMILES string of the molecule is COc1cc(CNC(=O)C2CC(=O)N(c3cccc(Br)c3)C2)cc(OC)c1OC. The van der Waals surface area contributed by atoms with E-state index in [2.05, 4.69) is 21.2 Å². The molecule has 0 spiro atoms. The number of halogens is 1. The highest BCUT2D eigenvalue weighted by atomic mass is 79.9. The molecule has 154 valence electrons. The summed E-state index contributed by atoms with van der Waals surface area (Å²) in [5.74, 6) is 0.918. The summed E-state index contributed by atoms with van der Waals surface area (Å²) in [5, 5.41) is 2.91. The fraction of sp³-hybridized carbons (Fsp3) is 0.333. The average molecular weight is 463 g/mol. The van der Waals surface area contributed by atoms with Crippen LogP contribution in [0.2, 0.25) is 0 Å². The molecule has 2 aromatic carbocycles. The first-order valence-electron chi connectivity index (χ1n) is 9.09. The highest BCUT2D eigenvalue weighted by molar-refractivity contribution is 9.10. The first-order chi connectivity index (χ1) is 14.0. The minimum atomic E-state index is -0.400. The molecule has 0 radical (unpaired) electrons. The molecular formula is C21H23BrN2O5. The van der Waals surface area contributed by atoms with E-state index in [0.29, 0.717) is 23.8 Å². The predicted octanol–water partition coefficient (Wildman–Crippen LogP) is 3.14. The van der Waals surface area contributed by atoms with Crippen molar-refractivity contribution in [1.82, 2.24) is 5.32 Å². The zero-order chi connectivity index (χ0) is 21.0. The molecule has 7 nitrogen and oxygen atoms in total. The molecule has 1 aliphatic heterocycles. The molecule has 3 rings (SSSR count). The van der Waals surface area contributed by atoms with Crippen LogP contribution in [-0.4, -0.2) is 39.7 Å². The molecule has 1 heterocycles. The van der Waals surface area contributed by atoms with Crippen LogP contribution in [0.3, 0.4) is 0 Å². The Balaban J connectivity index is 1.66. The minimum absolute atomic E-state index is 0.0592. The van der Waals surface area contributed by atoms with Crippen molar-refractivity contribution in [3.05, 3.63) is 46.4 Å². The van der Waals surface area contributed by atoms with Crippen LogP contribution in [0.5, 0.6) is 17.2 Å². The Kier molecular flexibility index (Phi) is 6.64. The molecule has 8 heteroatoms. The van der Waals surface area contributed by atoms with Gasteiger partial charge < -0.3 is 24.4 Å². The van der Waals surface area contributed by atoms with Gasteiger partial charge in [0.25, 0.3) is 0 Å². The number of ether oxygens (including phenoxy) is 3. The number of hydrogen-bond donors (Lipinski definition) is 1. The number of amides is 2. The molecule has 1 N–H and O–H groups in total. The smallest absolute Gasteiger partial charge is 0.227 e. The van der Waals surface area contributed by atoms with Gasteiger partial charge >= 0.3 is 0 Å². The van der Waals surface area contributed by atoms with Crippen molar-refractivity contribution in [3.8, 4) is 17.2 Å². The van der Waals surface area contributed by atoms with Gasteiger partial charge in [-0.2, -0.15) is 0 Å². The third kappa shape index (κ3) is 4.64. The van der Waals surface area contributed by atoms with Crippen LogP contribution in [0, 0.1) is 5.92 Å². The largest absolute Gasteiger partial charge is 0.493 e. The second-order valence-electron chi connectivity index (χ2n) is 6.64. The van der Waals surface area contributed by atoms with Gasteiger partial charge in [0, 0.05) is 29.7 Å². The van der Waals surface area contributed by atoms with Crippen LogP contribution in [0.15, 0.2) is 40.9 Å². The average Bonchev–Trinajstić information content (AvgIpc) is 3.12. The van der Waals surface area contributed by atoms with Crippen LogP contribution in [0.25, 0.3) is 0 Å². The number of carbonyl (C=O) groups is 2. The topological polar surface area (TPSA) is 77.1 Å². The summed E-state index contributed by atoms with van der Waals surface area (Å²) in [6.45, 7) is 0.646. The summed E-state index contributed by atoms with van der Waals surface area (Å²) in [4.78, 5) is 26.7. The Labute approximate surface area is 178 Å². The second kappa shape index (κ2) is 9.17. The van der Waals surface area contributed by atoms with Crippen molar-refractivity contribution in [2.75, 3.05) is 32.8 Å². The molecule has 1 aliphatic rings. The van der Waals surface area contributed by atoms with Crippen LogP contribution in [-0.2, 0) is 16.1 Å². The molecule has 1 fully saturated rings. The number of methoxy groups -OCH3 is 3. The fourth-order valence-corrected chi connectivity index (χ4v) is 3.73. The van der Waals surface area contributed by atoms with Crippen LogP contribution in [0.1, 0.15) is 12.0 Å². The van der Waals surface area contributed by atoms with E-state index in [1.807, 2.05) is 24.3 Å². The first kappa shape index (κ1) is 21.0. The third-order valence-electron chi connectivity index (χ3n) is 4.81. The lowest BCUT2D eigenvalue weighted by Gasteiger charge is -2.17. The van der Waals surface area contributed by atoms with Gasteiger partial charge in [0.2, 0.25) is 17.6 Å². The summed E-state index contributed by atoms with van der Waals surface area (Å²) < 4.78 is 16.9. The van der Waals surface area contributed by atoms with E-state index in [0.717, 1.165) is 15.7 Å². The van der Waals surface area contributed by atoms with Crippen LogP contribution >= 0.6 is 15.9 Å². The Morgan fingerprint density at radius 3 is 2.41 bits per heavy atom. The molecule has 0 bridgehead atoms. The third-order valence-corrected chi connectivity index (χ3v) is 5.30. The van der Waals surface area contributed by atoms with Crippen molar-refractivity contribution in [2.45, 2.75) is 13.0 Å². The summed E-state index contributed by atoms with van der Waals surface area (Å²) in [6, 6.07) is 11.1. The fourth-order valence-electron chi connectivity index (χ4n) is 3.35. The van der Waals surface area contributed by atoms with Crippen molar-refractivity contribution < 1.29 is 23.8 Å². The molecular weight excluding hydrogens is 440 g/mol. The number of anilines is 1.